The molecule has 5 heteroatoms. The summed E-state index contributed by atoms with van der Waals surface area (Å²) in [7, 11) is 0. The molecule has 0 saturated heterocycles. The van der Waals surface area contributed by atoms with E-state index in [1.807, 2.05) is 31.2 Å². The Morgan fingerprint density at radius 2 is 2.05 bits per heavy atom. The molecular weight excluding hydrogens is 286 g/mol. The Labute approximate surface area is 126 Å². The lowest BCUT2D eigenvalue weighted by molar-refractivity contribution is 0.102. The number of nitrogens with one attached hydrogen (secondary N) is 2. The molecule has 3 rings (SSSR count). The van der Waals surface area contributed by atoms with Gasteiger partial charge in [-0.25, -0.2) is 0 Å². The van der Waals surface area contributed by atoms with E-state index < -0.39 is 0 Å². The zero-order valence-electron chi connectivity index (χ0n) is 11.4. The lowest BCUT2D eigenvalue weighted by Crippen LogP contribution is -2.12. The van der Waals surface area contributed by atoms with Crippen LogP contribution in [0.3, 0.4) is 0 Å². The Balaban J connectivity index is 1.90. The van der Waals surface area contributed by atoms with Gasteiger partial charge in [0.2, 0.25) is 0 Å². The summed E-state index contributed by atoms with van der Waals surface area (Å²) in [5.74, 6) is -0.231. The average Bonchev–Trinajstić information content (AvgIpc) is 2.89. The largest absolute Gasteiger partial charge is 0.397 e. The minimum Gasteiger partial charge on any atom is -0.397 e. The normalized spacial score (nSPS) is 10.8. The molecule has 2 aromatic carbocycles. The molecule has 0 saturated carbocycles. The van der Waals surface area contributed by atoms with Crippen LogP contribution in [-0.4, -0.2) is 10.9 Å². The molecule has 0 bridgehead atoms. The van der Waals surface area contributed by atoms with Crippen molar-refractivity contribution in [1.29, 1.82) is 0 Å². The van der Waals surface area contributed by atoms with Gasteiger partial charge in [-0.15, -0.1) is 0 Å². The highest BCUT2D eigenvalue weighted by Gasteiger charge is 2.11. The summed E-state index contributed by atoms with van der Waals surface area (Å²) < 4.78 is 0. The highest BCUT2D eigenvalue weighted by atomic mass is 35.5. The van der Waals surface area contributed by atoms with E-state index in [-0.39, 0.29) is 5.91 Å². The molecular formula is C16H14ClN3O. The number of amides is 1. The number of fused-ring (bicyclic) bond motifs is 1. The van der Waals surface area contributed by atoms with E-state index in [1.165, 1.54) is 0 Å². The number of H-pyrrole nitrogens is 1. The second-order valence-electron chi connectivity index (χ2n) is 4.91. The number of hydrogen-bond acceptors (Lipinski definition) is 2. The Morgan fingerprint density at radius 1 is 1.24 bits per heavy atom. The maximum absolute atomic E-state index is 12.3. The molecule has 0 aliphatic rings. The Morgan fingerprint density at radius 3 is 2.76 bits per heavy atom. The second-order valence-corrected chi connectivity index (χ2v) is 5.32. The van der Waals surface area contributed by atoms with E-state index in [1.54, 1.807) is 18.2 Å². The summed E-state index contributed by atoms with van der Waals surface area (Å²) in [4.78, 5) is 15.3. The van der Waals surface area contributed by atoms with Crippen LogP contribution in [0.15, 0.2) is 42.5 Å². The monoisotopic (exact) mass is 299 g/mol. The van der Waals surface area contributed by atoms with Gasteiger partial charge in [0.25, 0.3) is 5.91 Å². The number of aryl methyl sites for hydroxylation is 1. The molecule has 3 aromatic rings. The van der Waals surface area contributed by atoms with E-state index in [4.69, 9.17) is 17.3 Å². The molecule has 0 atom stereocenters. The molecule has 0 spiro atoms. The van der Waals surface area contributed by atoms with Crippen molar-refractivity contribution in [2.75, 3.05) is 11.1 Å². The summed E-state index contributed by atoms with van der Waals surface area (Å²) in [6.07, 6.45) is 0. The molecule has 21 heavy (non-hydrogen) atoms. The Bertz CT molecular complexity index is 839. The third kappa shape index (κ3) is 2.58. The Kier molecular flexibility index (Phi) is 3.31. The number of para-hydroxylation sites is 1. The first-order chi connectivity index (χ1) is 10.0. The van der Waals surface area contributed by atoms with Gasteiger partial charge in [-0.2, -0.15) is 0 Å². The van der Waals surface area contributed by atoms with E-state index in [0.29, 0.717) is 22.1 Å². The van der Waals surface area contributed by atoms with Crippen LogP contribution < -0.4 is 11.1 Å². The fourth-order valence-electron chi connectivity index (χ4n) is 2.17. The molecule has 0 radical (unpaired) electrons. The van der Waals surface area contributed by atoms with Gasteiger partial charge in [-0.05, 0) is 36.8 Å². The molecule has 1 aromatic heterocycles. The average molecular weight is 300 g/mol. The highest BCUT2D eigenvalue weighted by molar-refractivity contribution is 6.31. The summed E-state index contributed by atoms with van der Waals surface area (Å²) in [6.45, 7) is 1.91. The quantitative estimate of drug-likeness (QED) is 0.627. The molecule has 1 amide bonds. The number of nitrogen functional groups attached to an aromatic ring is 1. The molecule has 4 N–H and O–H groups in total. The third-order valence-electron chi connectivity index (χ3n) is 3.36. The van der Waals surface area contributed by atoms with Crippen molar-refractivity contribution < 1.29 is 4.79 Å². The number of nitrogens with two attached hydrogens (primary N) is 1. The van der Waals surface area contributed by atoms with Gasteiger partial charge in [0.1, 0.15) is 5.69 Å². The summed E-state index contributed by atoms with van der Waals surface area (Å²) in [5, 5.41) is 4.34. The lowest BCUT2D eigenvalue weighted by atomic mass is 10.2. The molecule has 0 unspecified atom stereocenters. The molecule has 4 nitrogen and oxygen atoms in total. The fraction of sp³-hybridized carbons (Fsp3) is 0.0625. The zero-order valence-corrected chi connectivity index (χ0v) is 12.2. The first-order valence-corrected chi connectivity index (χ1v) is 6.87. The lowest BCUT2D eigenvalue weighted by Gasteiger charge is -2.05. The Hall–Kier alpha value is -2.46. The molecule has 0 aliphatic carbocycles. The summed E-state index contributed by atoms with van der Waals surface area (Å²) in [6, 6.07) is 12.7. The highest BCUT2D eigenvalue weighted by Crippen LogP contribution is 2.23. The van der Waals surface area contributed by atoms with Gasteiger partial charge in [0.15, 0.2) is 0 Å². The molecule has 0 aliphatic heterocycles. The van der Waals surface area contributed by atoms with E-state index >= 15 is 0 Å². The minimum atomic E-state index is -0.231. The zero-order chi connectivity index (χ0) is 15.0. The van der Waals surface area contributed by atoms with Gasteiger partial charge in [0.05, 0.1) is 11.2 Å². The number of hydrogen-bond donors (Lipinski definition) is 3. The third-order valence-corrected chi connectivity index (χ3v) is 3.77. The molecule has 0 fully saturated rings. The number of aromatic nitrogens is 1. The van der Waals surface area contributed by atoms with Crippen LogP contribution in [0.5, 0.6) is 0 Å². The summed E-state index contributed by atoms with van der Waals surface area (Å²) in [5.41, 5.74) is 9.34. The SMILES string of the molecule is Cc1ccc(NC(=O)c2cc3cccc(N)c3[nH]2)cc1Cl. The predicted octanol–water partition coefficient (Wildman–Crippen LogP) is 3.96. The fourth-order valence-corrected chi connectivity index (χ4v) is 2.35. The number of carbonyl (C=O) groups excluding carboxylic acids is 1. The van der Waals surface area contributed by atoms with Crippen molar-refractivity contribution in [2.24, 2.45) is 0 Å². The number of anilines is 2. The topological polar surface area (TPSA) is 70.9 Å². The van der Waals surface area contributed by atoms with E-state index in [9.17, 15) is 4.79 Å². The number of rotatable bonds is 2. The van der Waals surface area contributed by atoms with Crippen LogP contribution >= 0.6 is 11.6 Å². The van der Waals surface area contributed by atoms with Crippen LogP contribution in [-0.2, 0) is 0 Å². The first kappa shape index (κ1) is 13.5. The number of benzene rings is 2. The number of aromatic amines is 1. The predicted molar refractivity (Wildman–Crippen MR) is 86.9 cm³/mol. The maximum Gasteiger partial charge on any atom is 0.272 e. The van der Waals surface area contributed by atoms with E-state index in [0.717, 1.165) is 16.5 Å². The van der Waals surface area contributed by atoms with Crippen molar-refractivity contribution in [3.63, 3.8) is 0 Å². The van der Waals surface area contributed by atoms with Crippen molar-refractivity contribution in [1.82, 2.24) is 4.98 Å². The first-order valence-electron chi connectivity index (χ1n) is 6.49. The van der Waals surface area contributed by atoms with Gasteiger partial charge >= 0.3 is 0 Å². The summed E-state index contributed by atoms with van der Waals surface area (Å²) >= 11 is 6.05. The van der Waals surface area contributed by atoms with Crippen LogP contribution in [0, 0.1) is 6.92 Å². The van der Waals surface area contributed by atoms with Crippen molar-refractivity contribution in [2.45, 2.75) is 6.92 Å². The standard InChI is InChI=1S/C16H14ClN3O/c1-9-5-6-11(8-12(9)17)19-16(21)14-7-10-3-2-4-13(18)15(10)20-14/h2-8,20H,18H2,1H3,(H,19,21). The van der Waals surface area contributed by atoms with Gasteiger partial charge in [-0.3, -0.25) is 4.79 Å². The number of halogens is 1. The van der Waals surface area contributed by atoms with E-state index in [2.05, 4.69) is 10.3 Å². The van der Waals surface area contributed by atoms with Gasteiger partial charge in [-0.1, -0.05) is 29.8 Å². The minimum absolute atomic E-state index is 0.231. The van der Waals surface area contributed by atoms with Crippen LogP contribution in [0.2, 0.25) is 5.02 Å². The number of carbonyl (C=O) groups is 1. The maximum atomic E-state index is 12.3. The van der Waals surface area contributed by atoms with Gasteiger partial charge < -0.3 is 16.0 Å². The second kappa shape index (κ2) is 5.14. The van der Waals surface area contributed by atoms with Crippen LogP contribution in [0.4, 0.5) is 11.4 Å². The van der Waals surface area contributed by atoms with Crippen molar-refractivity contribution >= 4 is 39.8 Å². The smallest absolute Gasteiger partial charge is 0.272 e. The van der Waals surface area contributed by atoms with Crippen LogP contribution in [0.25, 0.3) is 10.9 Å². The van der Waals surface area contributed by atoms with Crippen molar-refractivity contribution in [3.05, 3.63) is 58.7 Å². The van der Waals surface area contributed by atoms with Crippen molar-refractivity contribution in [3.8, 4) is 0 Å². The van der Waals surface area contributed by atoms with Gasteiger partial charge in [0, 0.05) is 16.1 Å². The van der Waals surface area contributed by atoms with Crippen LogP contribution in [0.1, 0.15) is 16.1 Å². The molecule has 106 valence electrons. The molecule has 1 heterocycles.